The Morgan fingerprint density at radius 3 is 2.00 bits per heavy atom. The number of halogens is 2. The second kappa shape index (κ2) is 10.6. The van der Waals surface area contributed by atoms with Gasteiger partial charge in [-0.3, -0.25) is 0 Å². The minimum atomic E-state index is 0. The molecule has 0 heterocycles. The molecule has 0 aliphatic heterocycles. The zero-order chi connectivity index (χ0) is 12.0. The number of hydrogen-bond acceptors (Lipinski definition) is 2. The van der Waals surface area contributed by atoms with Crippen LogP contribution in [0.5, 0.6) is 0 Å². The van der Waals surface area contributed by atoms with Gasteiger partial charge in [0.15, 0.2) is 0 Å². The number of benzene rings is 1. The average Bonchev–Trinajstić information content (AvgIpc) is 2.28. The van der Waals surface area contributed by atoms with Crippen LogP contribution < -0.4 is 11.5 Å². The van der Waals surface area contributed by atoms with Crippen molar-refractivity contribution < 1.29 is 0 Å². The summed E-state index contributed by atoms with van der Waals surface area (Å²) in [5.74, 6) is 0.496. The van der Waals surface area contributed by atoms with Crippen LogP contribution in [0, 0.1) is 0 Å². The molecule has 0 aromatic heterocycles. The summed E-state index contributed by atoms with van der Waals surface area (Å²) in [5, 5.41) is 0. The Morgan fingerprint density at radius 1 is 1.00 bits per heavy atom. The highest BCUT2D eigenvalue weighted by Crippen LogP contribution is 2.26. The van der Waals surface area contributed by atoms with E-state index in [9.17, 15) is 0 Å². The van der Waals surface area contributed by atoms with Gasteiger partial charge in [0.1, 0.15) is 0 Å². The Kier molecular flexibility index (Phi) is 11.8. The second-order valence-corrected chi connectivity index (χ2v) is 4.72. The van der Waals surface area contributed by atoms with E-state index in [1.807, 2.05) is 6.07 Å². The zero-order valence-electron chi connectivity index (χ0n) is 11.2. The maximum atomic E-state index is 6.05. The van der Waals surface area contributed by atoms with E-state index in [0.717, 1.165) is 19.3 Å². The molecular formula is C14H26Cl2N2. The molecule has 0 fully saturated rings. The highest BCUT2D eigenvalue weighted by molar-refractivity contribution is 5.85. The molecule has 1 rings (SSSR count). The highest BCUT2D eigenvalue weighted by atomic mass is 35.5. The quantitative estimate of drug-likeness (QED) is 0.843. The van der Waals surface area contributed by atoms with Gasteiger partial charge < -0.3 is 11.5 Å². The summed E-state index contributed by atoms with van der Waals surface area (Å²) in [6.07, 6.45) is 3.07. The molecule has 3 atom stereocenters. The van der Waals surface area contributed by atoms with Gasteiger partial charge in [-0.1, -0.05) is 37.3 Å². The van der Waals surface area contributed by atoms with E-state index in [4.69, 9.17) is 11.5 Å². The summed E-state index contributed by atoms with van der Waals surface area (Å²) in [5.41, 5.74) is 13.3. The fourth-order valence-corrected chi connectivity index (χ4v) is 2.07. The summed E-state index contributed by atoms with van der Waals surface area (Å²) >= 11 is 0. The maximum absolute atomic E-state index is 6.05. The summed E-state index contributed by atoms with van der Waals surface area (Å²) in [7, 11) is 0. The van der Waals surface area contributed by atoms with Crippen LogP contribution >= 0.6 is 24.8 Å². The fourth-order valence-electron chi connectivity index (χ4n) is 2.07. The molecule has 0 bridgehead atoms. The van der Waals surface area contributed by atoms with Gasteiger partial charge in [0, 0.05) is 12.1 Å². The predicted octanol–water partition coefficient (Wildman–Crippen LogP) is 3.48. The molecule has 4 N–H and O–H groups in total. The largest absolute Gasteiger partial charge is 0.328 e. The normalized spacial score (nSPS) is 14.9. The Labute approximate surface area is 123 Å². The van der Waals surface area contributed by atoms with Gasteiger partial charge in [-0.15, -0.1) is 24.8 Å². The van der Waals surface area contributed by atoms with Crippen LogP contribution in [0.2, 0.25) is 0 Å². The molecule has 0 saturated heterocycles. The van der Waals surface area contributed by atoms with E-state index in [1.54, 1.807) is 0 Å². The lowest BCUT2D eigenvalue weighted by atomic mass is 9.87. The Hall–Kier alpha value is -0.280. The second-order valence-electron chi connectivity index (χ2n) is 4.72. The van der Waals surface area contributed by atoms with Crippen molar-refractivity contribution in [2.24, 2.45) is 11.5 Å². The van der Waals surface area contributed by atoms with E-state index >= 15 is 0 Å². The minimum Gasteiger partial charge on any atom is -0.328 e. The molecule has 0 aliphatic rings. The van der Waals surface area contributed by atoms with Gasteiger partial charge in [0.05, 0.1) is 0 Å². The van der Waals surface area contributed by atoms with Crippen molar-refractivity contribution in [2.45, 2.75) is 51.1 Å². The lowest BCUT2D eigenvalue weighted by molar-refractivity contribution is 0.464. The first-order chi connectivity index (χ1) is 7.63. The Balaban J connectivity index is 0. The summed E-state index contributed by atoms with van der Waals surface area (Å²) in [6.45, 7) is 4.20. The van der Waals surface area contributed by atoms with E-state index in [-0.39, 0.29) is 36.9 Å². The van der Waals surface area contributed by atoms with Crippen molar-refractivity contribution in [1.29, 1.82) is 0 Å². The van der Waals surface area contributed by atoms with Crippen LogP contribution in [0.3, 0.4) is 0 Å². The lowest BCUT2D eigenvalue weighted by Crippen LogP contribution is -2.25. The van der Waals surface area contributed by atoms with Gasteiger partial charge >= 0.3 is 0 Å². The molecule has 4 heteroatoms. The van der Waals surface area contributed by atoms with Crippen molar-refractivity contribution in [3.8, 4) is 0 Å². The smallest absolute Gasteiger partial charge is 0.00420 e. The summed E-state index contributed by atoms with van der Waals surface area (Å²) in [6, 6.07) is 11.1. The van der Waals surface area contributed by atoms with E-state index < -0.39 is 0 Å². The average molecular weight is 293 g/mol. The molecule has 0 saturated carbocycles. The van der Waals surface area contributed by atoms with Gasteiger partial charge in [-0.25, -0.2) is 0 Å². The fraction of sp³-hybridized carbons (Fsp3) is 0.571. The third-order valence-corrected chi connectivity index (χ3v) is 3.04. The molecule has 1 aromatic rings. The van der Waals surface area contributed by atoms with E-state index in [1.165, 1.54) is 5.56 Å². The third-order valence-electron chi connectivity index (χ3n) is 3.04. The first-order valence-corrected chi connectivity index (χ1v) is 6.19. The van der Waals surface area contributed by atoms with Crippen molar-refractivity contribution in [1.82, 2.24) is 0 Å². The molecule has 0 aliphatic carbocycles. The lowest BCUT2D eigenvalue weighted by Gasteiger charge is -2.22. The van der Waals surface area contributed by atoms with Crippen LogP contribution in [0.15, 0.2) is 30.3 Å². The molecule has 1 aromatic carbocycles. The van der Waals surface area contributed by atoms with Crippen molar-refractivity contribution in [2.75, 3.05) is 0 Å². The SMILES string of the molecule is CCC(N)CC(CC(C)N)c1ccccc1.Cl.Cl. The molecular weight excluding hydrogens is 267 g/mol. The number of rotatable bonds is 6. The van der Waals surface area contributed by atoms with Crippen molar-refractivity contribution in [3.63, 3.8) is 0 Å². The third kappa shape index (κ3) is 7.22. The predicted molar refractivity (Wildman–Crippen MR) is 84.8 cm³/mol. The molecule has 0 radical (unpaired) electrons. The van der Waals surface area contributed by atoms with Crippen LogP contribution in [0.25, 0.3) is 0 Å². The van der Waals surface area contributed by atoms with Crippen LogP contribution in [0.1, 0.15) is 44.6 Å². The molecule has 3 unspecified atom stereocenters. The van der Waals surface area contributed by atoms with E-state index in [2.05, 4.69) is 38.1 Å². The number of nitrogens with two attached hydrogens (primary N) is 2. The first-order valence-electron chi connectivity index (χ1n) is 6.19. The van der Waals surface area contributed by atoms with Crippen molar-refractivity contribution in [3.05, 3.63) is 35.9 Å². The maximum Gasteiger partial charge on any atom is 0.00420 e. The summed E-state index contributed by atoms with van der Waals surface area (Å²) in [4.78, 5) is 0. The minimum absolute atomic E-state index is 0. The van der Waals surface area contributed by atoms with Crippen LogP contribution in [-0.2, 0) is 0 Å². The molecule has 106 valence electrons. The van der Waals surface area contributed by atoms with Gasteiger partial charge in [-0.2, -0.15) is 0 Å². The number of hydrogen-bond donors (Lipinski definition) is 2. The zero-order valence-corrected chi connectivity index (χ0v) is 12.8. The van der Waals surface area contributed by atoms with Crippen molar-refractivity contribution >= 4 is 24.8 Å². The Bertz CT molecular complexity index is 291. The molecule has 0 spiro atoms. The highest BCUT2D eigenvalue weighted by Gasteiger charge is 2.16. The topological polar surface area (TPSA) is 52.0 Å². The first kappa shape index (κ1) is 20.0. The molecule has 0 amide bonds. The summed E-state index contributed by atoms with van der Waals surface area (Å²) < 4.78 is 0. The van der Waals surface area contributed by atoms with Gasteiger partial charge in [-0.05, 0) is 37.7 Å². The van der Waals surface area contributed by atoms with E-state index in [0.29, 0.717) is 5.92 Å². The monoisotopic (exact) mass is 292 g/mol. The molecule has 18 heavy (non-hydrogen) atoms. The standard InChI is InChI=1S/C14H24N2.2ClH/c1-3-14(16)10-13(9-11(2)15)12-7-5-4-6-8-12;;/h4-8,11,13-14H,3,9-10,15-16H2,1-2H3;2*1H. The van der Waals surface area contributed by atoms with Gasteiger partial charge in [0.2, 0.25) is 0 Å². The molecule has 2 nitrogen and oxygen atoms in total. The van der Waals surface area contributed by atoms with Crippen LogP contribution in [-0.4, -0.2) is 12.1 Å². The van der Waals surface area contributed by atoms with Gasteiger partial charge in [0.25, 0.3) is 0 Å². The van der Waals surface area contributed by atoms with Crippen LogP contribution in [0.4, 0.5) is 0 Å². The Morgan fingerprint density at radius 2 is 1.56 bits per heavy atom.